The molecule has 100 valence electrons. The first kappa shape index (κ1) is 15.0. The Labute approximate surface area is 113 Å². The van der Waals surface area contributed by atoms with Gasteiger partial charge in [-0.25, -0.2) is 0 Å². The summed E-state index contributed by atoms with van der Waals surface area (Å²) in [6.45, 7) is 4.96. The van der Waals surface area contributed by atoms with Gasteiger partial charge in [-0.1, -0.05) is 29.8 Å². The average Bonchev–Trinajstić information content (AvgIpc) is 2.29. The van der Waals surface area contributed by atoms with Crippen molar-refractivity contribution >= 4 is 17.6 Å². The van der Waals surface area contributed by atoms with Crippen molar-refractivity contribution < 1.29 is 9.90 Å². The maximum atomic E-state index is 11.0. The van der Waals surface area contributed by atoms with Gasteiger partial charge in [0.1, 0.15) is 0 Å². The normalized spacial score (nSPS) is 11.8. The van der Waals surface area contributed by atoms with Gasteiger partial charge in [-0.3, -0.25) is 4.79 Å². The Kier molecular flexibility index (Phi) is 5.17. The summed E-state index contributed by atoms with van der Waals surface area (Å²) >= 11 is 6.09. The van der Waals surface area contributed by atoms with Gasteiger partial charge in [-0.05, 0) is 45.5 Å². The van der Waals surface area contributed by atoms with Crippen molar-refractivity contribution in [2.75, 3.05) is 13.6 Å². The highest BCUT2D eigenvalue weighted by atomic mass is 35.5. The summed E-state index contributed by atoms with van der Waals surface area (Å²) in [5, 5.41) is 9.80. The highest BCUT2D eigenvalue weighted by Gasteiger charge is 2.26. The van der Waals surface area contributed by atoms with E-state index in [4.69, 9.17) is 16.7 Å². The Bertz CT molecular complexity index is 418. The van der Waals surface area contributed by atoms with Crippen LogP contribution in [0.2, 0.25) is 5.02 Å². The van der Waals surface area contributed by atoms with Gasteiger partial charge in [0.05, 0.1) is 5.41 Å². The number of carboxylic acid groups (broad SMARTS) is 1. The lowest BCUT2D eigenvalue weighted by Gasteiger charge is -2.24. The van der Waals surface area contributed by atoms with Crippen LogP contribution in [0, 0.1) is 5.41 Å². The van der Waals surface area contributed by atoms with Crippen molar-refractivity contribution in [2.45, 2.75) is 26.8 Å². The number of halogens is 1. The smallest absolute Gasteiger partial charge is 0.309 e. The number of carbonyl (C=O) groups is 1. The molecule has 0 radical (unpaired) electrons. The number of nitrogens with zero attached hydrogens (tertiary/aromatic N) is 1. The van der Waals surface area contributed by atoms with E-state index in [2.05, 4.69) is 4.90 Å². The fourth-order valence-electron chi connectivity index (χ4n) is 1.57. The third-order valence-electron chi connectivity index (χ3n) is 3.10. The molecule has 0 fully saturated rings. The van der Waals surface area contributed by atoms with Crippen LogP contribution in [0.3, 0.4) is 0 Å². The van der Waals surface area contributed by atoms with Crippen LogP contribution in [0.25, 0.3) is 0 Å². The Hall–Kier alpha value is -1.06. The molecule has 1 rings (SSSR count). The van der Waals surface area contributed by atoms with E-state index in [1.165, 1.54) is 0 Å². The van der Waals surface area contributed by atoms with Crippen LogP contribution in [0.5, 0.6) is 0 Å². The molecule has 0 bridgehead atoms. The van der Waals surface area contributed by atoms with Crippen molar-refractivity contribution in [2.24, 2.45) is 5.41 Å². The van der Waals surface area contributed by atoms with E-state index < -0.39 is 11.4 Å². The SMILES string of the molecule is CN(CCC(C)(C)C(=O)O)Cc1ccccc1Cl. The maximum absolute atomic E-state index is 11.0. The van der Waals surface area contributed by atoms with Crippen LogP contribution in [0.1, 0.15) is 25.8 Å². The molecule has 0 atom stereocenters. The summed E-state index contributed by atoms with van der Waals surface area (Å²) in [7, 11) is 1.97. The van der Waals surface area contributed by atoms with Crippen molar-refractivity contribution in [1.82, 2.24) is 4.90 Å². The van der Waals surface area contributed by atoms with Crippen molar-refractivity contribution in [1.29, 1.82) is 0 Å². The van der Waals surface area contributed by atoms with Crippen LogP contribution >= 0.6 is 11.6 Å². The minimum atomic E-state index is -0.756. The number of aliphatic carboxylic acids is 1. The molecule has 0 spiro atoms. The predicted molar refractivity (Wildman–Crippen MR) is 73.8 cm³/mol. The summed E-state index contributed by atoms with van der Waals surface area (Å²) in [4.78, 5) is 13.1. The summed E-state index contributed by atoms with van der Waals surface area (Å²) in [6, 6.07) is 7.71. The zero-order valence-electron chi connectivity index (χ0n) is 11.1. The second-order valence-electron chi connectivity index (χ2n) is 5.27. The Morgan fingerprint density at radius 3 is 2.56 bits per heavy atom. The summed E-state index contributed by atoms with van der Waals surface area (Å²) in [5.74, 6) is -0.756. The number of hydrogen-bond donors (Lipinski definition) is 1. The van der Waals surface area contributed by atoms with Gasteiger partial charge in [0.15, 0.2) is 0 Å². The third kappa shape index (κ3) is 4.31. The van der Waals surface area contributed by atoms with Crippen LogP contribution in [-0.4, -0.2) is 29.6 Å². The first-order chi connectivity index (χ1) is 8.33. The number of hydrogen-bond acceptors (Lipinski definition) is 2. The zero-order valence-corrected chi connectivity index (χ0v) is 11.9. The van der Waals surface area contributed by atoms with Gasteiger partial charge in [-0.15, -0.1) is 0 Å². The molecule has 1 N–H and O–H groups in total. The number of carboxylic acids is 1. The number of benzene rings is 1. The van der Waals surface area contributed by atoms with E-state index in [1.54, 1.807) is 13.8 Å². The lowest BCUT2D eigenvalue weighted by Crippen LogP contribution is -2.30. The number of rotatable bonds is 6. The standard InChI is InChI=1S/C14H20ClNO2/c1-14(2,13(17)18)8-9-16(3)10-11-6-4-5-7-12(11)15/h4-7H,8-10H2,1-3H3,(H,17,18). The molecule has 1 aromatic carbocycles. The second kappa shape index (κ2) is 6.21. The molecule has 0 aromatic heterocycles. The molecule has 0 unspecified atom stereocenters. The first-order valence-corrected chi connectivity index (χ1v) is 6.36. The monoisotopic (exact) mass is 269 g/mol. The quantitative estimate of drug-likeness (QED) is 0.862. The van der Waals surface area contributed by atoms with Crippen LogP contribution < -0.4 is 0 Å². The molecule has 4 heteroatoms. The Morgan fingerprint density at radius 1 is 1.39 bits per heavy atom. The molecule has 0 saturated carbocycles. The molecular formula is C14H20ClNO2. The van der Waals surface area contributed by atoms with E-state index in [-0.39, 0.29) is 0 Å². The molecule has 0 amide bonds. The lowest BCUT2D eigenvalue weighted by molar-refractivity contribution is -0.147. The molecule has 0 aliphatic heterocycles. The van der Waals surface area contributed by atoms with Crippen LogP contribution in [0.4, 0.5) is 0 Å². The predicted octanol–water partition coefficient (Wildman–Crippen LogP) is 3.27. The topological polar surface area (TPSA) is 40.5 Å². The van der Waals surface area contributed by atoms with Crippen molar-refractivity contribution in [3.05, 3.63) is 34.9 Å². The molecule has 1 aromatic rings. The summed E-state index contributed by atoms with van der Waals surface area (Å²) in [6.07, 6.45) is 0.614. The highest BCUT2D eigenvalue weighted by Crippen LogP contribution is 2.22. The van der Waals surface area contributed by atoms with E-state index in [1.807, 2.05) is 31.3 Å². The van der Waals surface area contributed by atoms with Crippen LogP contribution in [0.15, 0.2) is 24.3 Å². The molecular weight excluding hydrogens is 250 g/mol. The van der Waals surface area contributed by atoms with Gasteiger partial charge in [0, 0.05) is 11.6 Å². The summed E-state index contributed by atoms with van der Waals surface area (Å²) < 4.78 is 0. The molecule has 18 heavy (non-hydrogen) atoms. The van der Waals surface area contributed by atoms with Crippen LogP contribution in [-0.2, 0) is 11.3 Å². The fraction of sp³-hybridized carbons (Fsp3) is 0.500. The molecule has 0 aliphatic carbocycles. The first-order valence-electron chi connectivity index (χ1n) is 5.98. The summed E-state index contributed by atoms with van der Waals surface area (Å²) in [5.41, 5.74) is 0.379. The van der Waals surface area contributed by atoms with Gasteiger partial charge in [0.25, 0.3) is 0 Å². The maximum Gasteiger partial charge on any atom is 0.309 e. The molecule has 0 saturated heterocycles. The second-order valence-corrected chi connectivity index (χ2v) is 5.68. The molecule has 0 aliphatic rings. The van der Waals surface area contributed by atoms with Gasteiger partial charge < -0.3 is 10.0 Å². The highest BCUT2D eigenvalue weighted by molar-refractivity contribution is 6.31. The van der Waals surface area contributed by atoms with Gasteiger partial charge >= 0.3 is 5.97 Å². The Balaban J connectivity index is 2.50. The third-order valence-corrected chi connectivity index (χ3v) is 3.46. The lowest BCUT2D eigenvalue weighted by atomic mass is 9.89. The van der Waals surface area contributed by atoms with Crippen molar-refractivity contribution in [3.8, 4) is 0 Å². The van der Waals surface area contributed by atoms with E-state index in [9.17, 15) is 4.79 Å². The van der Waals surface area contributed by atoms with Gasteiger partial charge in [0.2, 0.25) is 0 Å². The Morgan fingerprint density at radius 2 is 2.00 bits per heavy atom. The fourth-order valence-corrected chi connectivity index (χ4v) is 1.77. The average molecular weight is 270 g/mol. The molecule has 0 heterocycles. The molecule has 3 nitrogen and oxygen atoms in total. The largest absolute Gasteiger partial charge is 0.481 e. The van der Waals surface area contributed by atoms with E-state index >= 15 is 0 Å². The minimum absolute atomic E-state index is 0.614. The zero-order chi connectivity index (χ0) is 13.8. The van der Waals surface area contributed by atoms with E-state index in [0.29, 0.717) is 6.42 Å². The minimum Gasteiger partial charge on any atom is -0.481 e. The van der Waals surface area contributed by atoms with E-state index in [0.717, 1.165) is 23.7 Å². The van der Waals surface area contributed by atoms with Crippen molar-refractivity contribution in [3.63, 3.8) is 0 Å². The van der Waals surface area contributed by atoms with Gasteiger partial charge in [-0.2, -0.15) is 0 Å².